The molecular weight excluding hydrogens is 438 g/mol. The highest BCUT2D eigenvalue weighted by Gasteiger charge is 2.33. The first kappa shape index (κ1) is 24.9. The van der Waals surface area contributed by atoms with Crippen LogP contribution in [0.5, 0.6) is 0 Å². The number of hydrogen-bond donors (Lipinski definition) is 1. The Kier molecular flexibility index (Phi) is 7.59. The van der Waals surface area contributed by atoms with Crippen molar-refractivity contribution >= 4 is 27.5 Å². The summed E-state index contributed by atoms with van der Waals surface area (Å²) in [7, 11) is -1.95. The average molecular weight is 472 g/mol. The number of carbonyl (C=O) groups is 2. The van der Waals surface area contributed by atoms with Crippen molar-refractivity contribution in [1.29, 1.82) is 0 Å². The van der Waals surface area contributed by atoms with E-state index in [1.807, 2.05) is 39.8 Å². The first-order valence-corrected chi connectivity index (χ1v) is 12.6. The minimum Gasteiger partial charge on any atom is -0.336 e. The van der Waals surface area contributed by atoms with Crippen molar-refractivity contribution < 1.29 is 18.0 Å². The lowest BCUT2D eigenvalue weighted by Gasteiger charge is -2.32. The third kappa shape index (κ3) is 5.81. The molecule has 2 amide bonds. The Hall–Kier alpha value is -2.71. The zero-order valence-corrected chi connectivity index (χ0v) is 20.8. The molecule has 0 radical (unpaired) electrons. The van der Waals surface area contributed by atoms with Gasteiger partial charge in [0.15, 0.2) is 0 Å². The van der Waals surface area contributed by atoms with E-state index in [2.05, 4.69) is 5.32 Å². The first-order chi connectivity index (χ1) is 15.5. The Balaban J connectivity index is 1.56. The fourth-order valence-electron chi connectivity index (χ4n) is 4.36. The maximum absolute atomic E-state index is 12.9. The van der Waals surface area contributed by atoms with Crippen LogP contribution in [0.25, 0.3) is 0 Å². The maximum atomic E-state index is 12.9. The standard InChI is InChI=1S/C25H33N3O4S/c1-17-6-8-22(9-7-17)33(31,32)28-12-10-21(11-13-28)25(30)27(5)16-23(29)26-24-19(3)14-18(2)15-20(24)4/h6-9,14-15,21H,10-13,16H2,1-5H3,(H,26,29). The van der Waals surface area contributed by atoms with E-state index in [1.54, 1.807) is 31.3 Å². The van der Waals surface area contributed by atoms with Gasteiger partial charge >= 0.3 is 0 Å². The molecule has 0 aliphatic carbocycles. The molecule has 0 unspecified atom stereocenters. The van der Waals surface area contributed by atoms with E-state index >= 15 is 0 Å². The summed E-state index contributed by atoms with van der Waals surface area (Å²) in [6.45, 7) is 8.34. The molecule has 0 atom stereocenters. The molecule has 1 aliphatic heterocycles. The van der Waals surface area contributed by atoms with Gasteiger partial charge in [-0.15, -0.1) is 0 Å². The van der Waals surface area contributed by atoms with Crippen molar-refractivity contribution in [3.8, 4) is 0 Å². The van der Waals surface area contributed by atoms with Gasteiger partial charge in [-0.1, -0.05) is 35.4 Å². The van der Waals surface area contributed by atoms with Crippen LogP contribution in [-0.4, -0.2) is 56.1 Å². The second kappa shape index (κ2) is 10.1. The lowest BCUT2D eigenvalue weighted by molar-refractivity contribution is -0.138. The Labute approximate surface area is 196 Å². The largest absolute Gasteiger partial charge is 0.336 e. The molecule has 178 valence electrons. The molecular formula is C25H33N3O4S. The van der Waals surface area contributed by atoms with E-state index in [1.165, 1.54) is 9.21 Å². The molecule has 1 fully saturated rings. The number of likely N-dealkylation sites (N-methyl/N-ethyl adjacent to an activating group) is 1. The zero-order valence-electron chi connectivity index (χ0n) is 20.0. The number of piperidine rings is 1. The molecule has 8 heteroatoms. The predicted molar refractivity (Wildman–Crippen MR) is 130 cm³/mol. The molecule has 0 saturated carbocycles. The van der Waals surface area contributed by atoms with E-state index in [9.17, 15) is 18.0 Å². The van der Waals surface area contributed by atoms with Gasteiger partial charge in [-0.25, -0.2) is 8.42 Å². The van der Waals surface area contributed by atoms with Gasteiger partial charge in [0, 0.05) is 31.7 Å². The van der Waals surface area contributed by atoms with E-state index in [-0.39, 0.29) is 42.3 Å². The molecule has 0 aromatic heterocycles. The number of hydrogen-bond acceptors (Lipinski definition) is 4. The summed E-state index contributed by atoms with van der Waals surface area (Å²) < 4.78 is 27.2. The smallest absolute Gasteiger partial charge is 0.243 e. The summed E-state index contributed by atoms with van der Waals surface area (Å²) in [6, 6.07) is 10.8. The number of sulfonamides is 1. The molecule has 1 N–H and O–H groups in total. The van der Waals surface area contributed by atoms with Gasteiger partial charge in [0.05, 0.1) is 11.4 Å². The highest BCUT2D eigenvalue weighted by atomic mass is 32.2. The van der Waals surface area contributed by atoms with Crippen LogP contribution < -0.4 is 5.32 Å². The number of amides is 2. The zero-order chi connectivity index (χ0) is 24.3. The van der Waals surface area contributed by atoms with Crippen molar-refractivity contribution in [3.63, 3.8) is 0 Å². The van der Waals surface area contributed by atoms with Gasteiger partial charge in [-0.3, -0.25) is 9.59 Å². The van der Waals surface area contributed by atoms with Crippen LogP contribution in [0.15, 0.2) is 41.3 Å². The van der Waals surface area contributed by atoms with Crippen molar-refractivity contribution in [3.05, 3.63) is 58.7 Å². The minimum absolute atomic E-state index is 0.0481. The second-order valence-corrected chi connectivity index (χ2v) is 10.9. The highest BCUT2D eigenvalue weighted by Crippen LogP contribution is 2.26. The van der Waals surface area contributed by atoms with Gasteiger partial charge in [0.25, 0.3) is 0 Å². The molecule has 2 aromatic carbocycles. The lowest BCUT2D eigenvalue weighted by Crippen LogP contribution is -2.45. The number of aryl methyl sites for hydroxylation is 4. The summed E-state index contributed by atoms with van der Waals surface area (Å²) in [6.07, 6.45) is 0.873. The number of benzene rings is 2. The highest BCUT2D eigenvalue weighted by molar-refractivity contribution is 7.89. The van der Waals surface area contributed by atoms with Crippen molar-refractivity contribution in [2.24, 2.45) is 5.92 Å². The Morgan fingerprint density at radius 2 is 1.52 bits per heavy atom. The third-order valence-corrected chi connectivity index (χ3v) is 8.07. The summed E-state index contributed by atoms with van der Waals surface area (Å²) in [5.41, 5.74) is 4.87. The quantitative estimate of drug-likeness (QED) is 0.699. The molecule has 3 rings (SSSR count). The number of carbonyl (C=O) groups excluding carboxylic acids is 2. The first-order valence-electron chi connectivity index (χ1n) is 11.2. The fraction of sp³-hybridized carbons (Fsp3) is 0.440. The SMILES string of the molecule is Cc1ccc(S(=O)(=O)N2CCC(C(=O)N(C)CC(=O)Nc3c(C)cc(C)cc3C)CC2)cc1. The monoisotopic (exact) mass is 471 g/mol. The summed E-state index contributed by atoms with van der Waals surface area (Å²) >= 11 is 0. The fourth-order valence-corrected chi connectivity index (χ4v) is 5.83. The van der Waals surface area contributed by atoms with Crippen LogP contribution in [0.1, 0.15) is 35.1 Å². The lowest BCUT2D eigenvalue weighted by atomic mass is 9.96. The molecule has 33 heavy (non-hydrogen) atoms. The molecule has 1 saturated heterocycles. The normalized spacial score (nSPS) is 15.3. The van der Waals surface area contributed by atoms with Gasteiger partial charge in [-0.05, 0) is 63.8 Å². The van der Waals surface area contributed by atoms with Crippen LogP contribution in [0.4, 0.5) is 5.69 Å². The number of nitrogens with zero attached hydrogens (tertiary/aromatic N) is 2. The molecule has 1 heterocycles. The molecule has 2 aromatic rings. The van der Waals surface area contributed by atoms with Gasteiger partial charge < -0.3 is 10.2 Å². The summed E-state index contributed by atoms with van der Waals surface area (Å²) in [5, 5.41) is 2.92. The topological polar surface area (TPSA) is 86.8 Å². The van der Waals surface area contributed by atoms with Gasteiger partial charge in [0.1, 0.15) is 0 Å². The molecule has 0 bridgehead atoms. The predicted octanol–water partition coefficient (Wildman–Crippen LogP) is 3.42. The van der Waals surface area contributed by atoms with Gasteiger partial charge in [-0.2, -0.15) is 4.31 Å². The average Bonchev–Trinajstić information content (AvgIpc) is 2.76. The van der Waals surface area contributed by atoms with Crippen LogP contribution in [0.3, 0.4) is 0 Å². The number of anilines is 1. The van der Waals surface area contributed by atoms with Gasteiger partial charge in [0.2, 0.25) is 21.8 Å². The van der Waals surface area contributed by atoms with E-state index < -0.39 is 10.0 Å². The van der Waals surface area contributed by atoms with Crippen LogP contribution in [0, 0.1) is 33.6 Å². The summed E-state index contributed by atoms with van der Waals surface area (Å²) in [4.78, 5) is 27.2. The number of rotatable bonds is 6. The van der Waals surface area contributed by atoms with Crippen molar-refractivity contribution in [2.75, 3.05) is 32.0 Å². The summed E-state index contributed by atoms with van der Waals surface area (Å²) in [5.74, 6) is -0.676. The van der Waals surface area contributed by atoms with E-state index in [0.29, 0.717) is 12.8 Å². The van der Waals surface area contributed by atoms with Crippen molar-refractivity contribution in [1.82, 2.24) is 9.21 Å². The Bertz CT molecular complexity index is 1110. The number of nitrogens with one attached hydrogen (secondary N) is 1. The molecule has 0 spiro atoms. The van der Waals surface area contributed by atoms with E-state index in [0.717, 1.165) is 27.9 Å². The van der Waals surface area contributed by atoms with Crippen LogP contribution in [0.2, 0.25) is 0 Å². The minimum atomic E-state index is -3.57. The van der Waals surface area contributed by atoms with Crippen LogP contribution in [-0.2, 0) is 19.6 Å². The second-order valence-electron chi connectivity index (χ2n) is 9.01. The third-order valence-electron chi connectivity index (χ3n) is 6.16. The van der Waals surface area contributed by atoms with Crippen LogP contribution >= 0.6 is 0 Å². The molecule has 1 aliphatic rings. The Morgan fingerprint density at radius 1 is 0.970 bits per heavy atom. The maximum Gasteiger partial charge on any atom is 0.243 e. The Morgan fingerprint density at radius 3 is 2.06 bits per heavy atom. The van der Waals surface area contributed by atoms with E-state index in [4.69, 9.17) is 0 Å². The van der Waals surface area contributed by atoms with Crippen molar-refractivity contribution in [2.45, 2.75) is 45.4 Å². The molecule has 7 nitrogen and oxygen atoms in total.